The number of aromatic hydroxyl groups is 1. The van der Waals surface area contributed by atoms with Crippen LogP contribution in [0, 0.1) is 11.3 Å². The fourth-order valence-electron chi connectivity index (χ4n) is 0.807. The molecule has 0 aromatic heterocycles. The number of phenolic OH excluding ortho intramolecular Hbond substituents is 1. The van der Waals surface area contributed by atoms with Gasteiger partial charge in [-0.25, -0.2) is 0 Å². The molecule has 0 amide bonds. The van der Waals surface area contributed by atoms with Crippen molar-refractivity contribution in [2.75, 3.05) is 0 Å². The second kappa shape index (κ2) is 4.01. The smallest absolute Gasteiger partial charge is 0.181 e. The predicted molar refractivity (Wildman–Crippen MR) is 48.8 cm³/mol. The number of halogens is 1. The first-order chi connectivity index (χ1) is 6.13. The average Bonchev–Trinajstić information content (AvgIpc) is 2.09. The van der Waals surface area contributed by atoms with Crippen molar-refractivity contribution in [2.45, 2.75) is 13.0 Å². The molecule has 0 aliphatic rings. The molecule has 68 valence electrons. The van der Waals surface area contributed by atoms with E-state index in [2.05, 4.69) is 0 Å². The number of phenols is 1. The molecular formula is C9H8ClNO2. The van der Waals surface area contributed by atoms with Crippen LogP contribution in [-0.2, 0) is 0 Å². The minimum Gasteiger partial charge on any atom is -0.504 e. The topological polar surface area (TPSA) is 53.2 Å². The van der Waals surface area contributed by atoms with Gasteiger partial charge in [-0.2, -0.15) is 5.26 Å². The molecule has 0 aliphatic heterocycles. The third-order valence-electron chi connectivity index (χ3n) is 1.41. The van der Waals surface area contributed by atoms with E-state index in [-0.39, 0.29) is 11.5 Å². The molecule has 0 spiro atoms. The van der Waals surface area contributed by atoms with E-state index in [0.717, 1.165) is 0 Å². The summed E-state index contributed by atoms with van der Waals surface area (Å²) in [6.07, 6.45) is -0.591. The molecule has 0 saturated carbocycles. The van der Waals surface area contributed by atoms with Crippen molar-refractivity contribution >= 4 is 11.6 Å². The lowest BCUT2D eigenvalue weighted by molar-refractivity contribution is 0.263. The Kier molecular flexibility index (Phi) is 2.99. The molecule has 0 heterocycles. The van der Waals surface area contributed by atoms with Crippen LogP contribution < -0.4 is 4.74 Å². The molecular weight excluding hydrogens is 190 g/mol. The molecule has 3 nitrogen and oxygen atoms in total. The van der Waals surface area contributed by atoms with Gasteiger partial charge in [0.2, 0.25) is 0 Å². The third-order valence-corrected chi connectivity index (χ3v) is 1.64. The van der Waals surface area contributed by atoms with E-state index in [1.165, 1.54) is 12.1 Å². The maximum atomic E-state index is 9.32. The highest BCUT2D eigenvalue weighted by atomic mass is 35.5. The molecule has 1 unspecified atom stereocenters. The van der Waals surface area contributed by atoms with Crippen LogP contribution in [0.4, 0.5) is 0 Å². The van der Waals surface area contributed by atoms with Crippen LogP contribution >= 0.6 is 11.6 Å². The lowest BCUT2D eigenvalue weighted by Crippen LogP contribution is -2.07. The third kappa shape index (κ3) is 2.53. The van der Waals surface area contributed by atoms with Gasteiger partial charge in [-0.15, -0.1) is 0 Å². The van der Waals surface area contributed by atoms with Gasteiger partial charge in [0.25, 0.3) is 0 Å². The standard InChI is InChI=1S/C9H8ClNO2/c1-6(5-11)13-9-3-2-7(10)4-8(9)12/h2-4,6,12H,1H3. The summed E-state index contributed by atoms with van der Waals surface area (Å²) in [6.45, 7) is 1.59. The zero-order valence-corrected chi connectivity index (χ0v) is 7.75. The fraction of sp³-hybridized carbons (Fsp3) is 0.222. The summed E-state index contributed by atoms with van der Waals surface area (Å²) in [5.74, 6) is 0.202. The first-order valence-corrected chi connectivity index (χ1v) is 4.06. The van der Waals surface area contributed by atoms with Gasteiger partial charge in [-0.1, -0.05) is 11.6 Å². The molecule has 1 atom stereocenters. The molecule has 0 aliphatic carbocycles. The summed E-state index contributed by atoms with van der Waals surface area (Å²) >= 11 is 5.61. The van der Waals surface area contributed by atoms with Crippen LogP contribution in [0.1, 0.15) is 6.92 Å². The molecule has 1 aromatic carbocycles. The van der Waals surface area contributed by atoms with Crippen LogP contribution in [-0.4, -0.2) is 11.2 Å². The van der Waals surface area contributed by atoms with Crippen molar-refractivity contribution in [3.8, 4) is 17.6 Å². The maximum Gasteiger partial charge on any atom is 0.181 e. The van der Waals surface area contributed by atoms with Gasteiger partial charge in [-0.3, -0.25) is 0 Å². The monoisotopic (exact) mass is 197 g/mol. The number of nitriles is 1. The summed E-state index contributed by atoms with van der Waals surface area (Å²) in [5, 5.41) is 18.2. The summed E-state index contributed by atoms with van der Waals surface area (Å²) in [7, 11) is 0. The minimum atomic E-state index is -0.591. The van der Waals surface area contributed by atoms with Crippen LogP contribution in [0.25, 0.3) is 0 Å². The number of ether oxygens (including phenoxy) is 1. The molecule has 0 bridgehead atoms. The van der Waals surface area contributed by atoms with Crippen LogP contribution in [0.5, 0.6) is 11.5 Å². The molecule has 1 N–H and O–H groups in total. The first-order valence-electron chi connectivity index (χ1n) is 3.68. The van der Waals surface area contributed by atoms with Crippen molar-refractivity contribution in [2.24, 2.45) is 0 Å². The number of rotatable bonds is 2. The molecule has 0 radical (unpaired) electrons. The SMILES string of the molecule is CC(C#N)Oc1ccc(Cl)cc1O. The molecule has 1 rings (SSSR count). The van der Waals surface area contributed by atoms with Gasteiger partial charge in [-0.05, 0) is 19.1 Å². The summed E-state index contributed by atoms with van der Waals surface area (Å²) in [5.41, 5.74) is 0. The molecule has 0 fully saturated rings. The lowest BCUT2D eigenvalue weighted by Gasteiger charge is -2.08. The largest absolute Gasteiger partial charge is 0.504 e. The fourth-order valence-corrected chi connectivity index (χ4v) is 0.973. The van der Waals surface area contributed by atoms with E-state index in [9.17, 15) is 5.11 Å². The van der Waals surface area contributed by atoms with Crippen molar-refractivity contribution in [3.05, 3.63) is 23.2 Å². The zero-order valence-electron chi connectivity index (χ0n) is 6.99. The van der Waals surface area contributed by atoms with Crippen molar-refractivity contribution in [1.29, 1.82) is 5.26 Å². The quantitative estimate of drug-likeness (QED) is 0.792. The van der Waals surface area contributed by atoms with E-state index in [0.29, 0.717) is 5.02 Å². The van der Waals surface area contributed by atoms with E-state index in [1.54, 1.807) is 13.0 Å². The Labute approximate surface area is 81.1 Å². The van der Waals surface area contributed by atoms with E-state index in [1.807, 2.05) is 6.07 Å². The normalized spacial score (nSPS) is 11.8. The number of benzene rings is 1. The molecule has 0 saturated heterocycles. The van der Waals surface area contributed by atoms with Gasteiger partial charge < -0.3 is 9.84 Å². The average molecular weight is 198 g/mol. The van der Waals surface area contributed by atoms with Crippen LogP contribution in [0.3, 0.4) is 0 Å². The zero-order chi connectivity index (χ0) is 9.84. The van der Waals surface area contributed by atoms with Crippen molar-refractivity contribution in [1.82, 2.24) is 0 Å². The Morgan fingerprint density at radius 3 is 2.85 bits per heavy atom. The predicted octanol–water partition coefficient (Wildman–Crippen LogP) is 2.34. The van der Waals surface area contributed by atoms with Gasteiger partial charge in [0.1, 0.15) is 6.07 Å². The Balaban J connectivity index is 2.85. The summed E-state index contributed by atoms with van der Waals surface area (Å²) in [4.78, 5) is 0. The minimum absolute atomic E-state index is 0.0606. The molecule has 13 heavy (non-hydrogen) atoms. The Morgan fingerprint density at radius 2 is 2.31 bits per heavy atom. The van der Waals surface area contributed by atoms with Crippen LogP contribution in [0.15, 0.2) is 18.2 Å². The Morgan fingerprint density at radius 1 is 1.62 bits per heavy atom. The number of nitrogens with zero attached hydrogens (tertiary/aromatic N) is 1. The Bertz CT molecular complexity index is 346. The van der Waals surface area contributed by atoms with Gasteiger partial charge >= 0.3 is 0 Å². The van der Waals surface area contributed by atoms with E-state index < -0.39 is 6.10 Å². The number of hydrogen-bond acceptors (Lipinski definition) is 3. The van der Waals surface area contributed by atoms with Gasteiger partial charge in [0.15, 0.2) is 17.6 Å². The maximum absolute atomic E-state index is 9.32. The summed E-state index contributed by atoms with van der Waals surface area (Å²) in [6, 6.07) is 6.35. The van der Waals surface area contributed by atoms with Gasteiger partial charge in [0.05, 0.1) is 0 Å². The second-order valence-electron chi connectivity index (χ2n) is 2.50. The molecule has 1 aromatic rings. The van der Waals surface area contributed by atoms with E-state index in [4.69, 9.17) is 21.6 Å². The van der Waals surface area contributed by atoms with Crippen molar-refractivity contribution in [3.63, 3.8) is 0 Å². The highest BCUT2D eigenvalue weighted by Crippen LogP contribution is 2.29. The molecule has 4 heteroatoms. The first kappa shape index (κ1) is 9.69. The number of hydrogen-bond donors (Lipinski definition) is 1. The van der Waals surface area contributed by atoms with Gasteiger partial charge in [0, 0.05) is 11.1 Å². The Hall–Kier alpha value is -1.40. The lowest BCUT2D eigenvalue weighted by atomic mass is 10.3. The summed E-state index contributed by atoms with van der Waals surface area (Å²) < 4.78 is 5.08. The highest BCUT2D eigenvalue weighted by Gasteiger charge is 2.06. The van der Waals surface area contributed by atoms with Crippen molar-refractivity contribution < 1.29 is 9.84 Å². The highest BCUT2D eigenvalue weighted by molar-refractivity contribution is 6.30. The van der Waals surface area contributed by atoms with E-state index >= 15 is 0 Å². The second-order valence-corrected chi connectivity index (χ2v) is 2.94. The van der Waals surface area contributed by atoms with Crippen LogP contribution in [0.2, 0.25) is 5.02 Å².